The molecule has 0 saturated carbocycles. The summed E-state index contributed by atoms with van der Waals surface area (Å²) >= 11 is 0. The van der Waals surface area contributed by atoms with Crippen LogP contribution in [0.1, 0.15) is 38.7 Å². The summed E-state index contributed by atoms with van der Waals surface area (Å²) < 4.78 is 11.2. The quantitative estimate of drug-likeness (QED) is 0.812. The van der Waals surface area contributed by atoms with E-state index in [4.69, 9.17) is 9.47 Å². The number of carbonyl (C=O) groups excluding carboxylic acids is 1. The number of aliphatic imine (C=N–C) groups is 1. The third kappa shape index (κ3) is 4.43. The van der Waals surface area contributed by atoms with Gasteiger partial charge in [-0.25, -0.2) is 9.79 Å². The molecular formula is C18H23N3O4. The molecule has 2 unspecified atom stereocenters. The van der Waals surface area contributed by atoms with Crippen molar-refractivity contribution in [3.05, 3.63) is 34.2 Å². The maximum absolute atomic E-state index is 12.2. The van der Waals surface area contributed by atoms with Gasteiger partial charge >= 0.3 is 5.69 Å². The number of nitrogens with zero attached hydrogens (tertiary/aromatic N) is 1. The second kappa shape index (κ2) is 7.76. The normalized spacial score (nSPS) is 19.9. The Hall–Kier alpha value is -2.25. The van der Waals surface area contributed by atoms with Crippen molar-refractivity contribution in [2.45, 2.75) is 45.3 Å². The first kappa shape index (κ1) is 17.6. The van der Waals surface area contributed by atoms with Crippen LogP contribution in [0.3, 0.4) is 0 Å². The smallest absolute Gasteiger partial charge is 0.323 e. The van der Waals surface area contributed by atoms with E-state index in [2.05, 4.69) is 15.0 Å². The Kier molecular flexibility index (Phi) is 5.45. The van der Waals surface area contributed by atoms with Gasteiger partial charge in [0, 0.05) is 12.3 Å². The van der Waals surface area contributed by atoms with Gasteiger partial charge in [-0.15, -0.1) is 0 Å². The summed E-state index contributed by atoms with van der Waals surface area (Å²) in [5, 5.41) is 0. The molecule has 2 atom stereocenters. The van der Waals surface area contributed by atoms with E-state index in [1.165, 1.54) is 0 Å². The van der Waals surface area contributed by atoms with Gasteiger partial charge in [0.05, 0.1) is 23.7 Å². The average Bonchev–Trinajstić information content (AvgIpc) is 2.99. The van der Waals surface area contributed by atoms with Gasteiger partial charge in [0.25, 0.3) is 5.91 Å². The molecule has 1 aromatic heterocycles. The van der Waals surface area contributed by atoms with E-state index < -0.39 is 6.10 Å². The lowest BCUT2D eigenvalue weighted by atomic mass is 10.1. The zero-order valence-corrected chi connectivity index (χ0v) is 14.5. The molecule has 1 fully saturated rings. The number of hydrogen-bond donors (Lipinski definition) is 2. The molecule has 1 amide bonds. The number of aromatic amines is 2. The number of imidazole rings is 1. The topological polar surface area (TPSA) is 96.5 Å². The number of fused-ring (bicyclic) bond motifs is 1. The molecule has 1 aliphatic rings. The van der Waals surface area contributed by atoms with Gasteiger partial charge in [0.2, 0.25) is 0 Å². The van der Waals surface area contributed by atoms with Crippen LogP contribution in [0.5, 0.6) is 0 Å². The maximum atomic E-state index is 12.2. The van der Waals surface area contributed by atoms with Gasteiger partial charge in [0.1, 0.15) is 6.10 Å². The van der Waals surface area contributed by atoms with Crippen molar-refractivity contribution in [1.82, 2.24) is 9.97 Å². The van der Waals surface area contributed by atoms with Crippen LogP contribution in [0.15, 0.2) is 28.0 Å². The second-order valence-corrected chi connectivity index (χ2v) is 6.34. The van der Waals surface area contributed by atoms with Gasteiger partial charge in [0.15, 0.2) is 0 Å². The van der Waals surface area contributed by atoms with Crippen molar-refractivity contribution in [1.29, 1.82) is 0 Å². The standard InChI is InChI=1S/C18H23N3O4/c1-11(13-6-7-15-16(9-13)21-18(23)20-15)19-17(22)12(2)25-10-14-5-3-4-8-24-14/h6-7,9,12,14H,3-5,8,10H2,1-2H3,(H2,20,21,23). The van der Waals surface area contributed by atoms with Crippen molar-refractivity contribution in [3.8, 4) is 0 Å². The minimum Gasteiger partial charge on any atom is -0.376 e. The Morgan fingerprint density at radius 3 is 2.92 bits per heavy atom. The fourth-order valence-electron chi connectivity index (χ4n) is 2.84. The molecule has 7 heteroatoms. The van der Waals surface area contributed by atoms with Crippen LogP contribution in [0.2, 0.25) is 0 Å². The number of carbonyl (C=O) groups is 1. The molecule has 1 aliphatic heterocycles. The highest BCUT2D eigenvalue weighted by molar-refractivity contribution is 6.07. The Morgan fingerprint density at radius 2 is 2.16 bits per heavy atom. The minimum atomic E-state index is -0.615. The molecule has 0 radical (unpaired) electrons. The number of nitrogens with one attached hydrogen (secondary N) is 2. The van der Waals surface area contributed by atoms with E-state index in [9.17, 15) is 9.59 Å². The molecule has 1 saturated heterocycles. The SMILES string of the molecule is CC(=NC(=O)C(C)OCC1CCCCO1)c1ccc2[nH]c(=O)[nH]c2c1. The first-order valence-electron chi connectivity index (χ1n) is 8.57. The van der Waals surface area contributed by atoms with Crippen molar-refractivity contribution < 1.29 is 14.3 Å². The van der Waals surface area contributed by atoms with Crippen molar-refractivity contribution in [2.24, 2.45) is 4.99 Å². The zero-order valence-electron chi connectivity index (χ0n) is 14.5. The van der Waals surface area contributed by atoms with E-state index in [-0.39, 0.29) is 17.7 Å². The maximum Gasteiger partial charge on any atom is 0.323 e. The van der Waals surface area contributed by atoms with E-state index >= 15 is 0 Å². The first-order valence-corrected chi connectivity index (χ1v) is 8.57. The number of H-pyrrole nitrogens is 2. The van der Waals surface area contributed by atoms with E-state index in [0.29, 0.717) is 17.8 Å². The van der Waals surface area contributed by atoms with Crippen molar-refractivity contribution in [3.63, 3.8) is 0 Å². The third-order valence-electron chi connectivity index (χ3n) is 4.37. The lowest BCUT2D eigenvalue weighted by molar-refractivity contribution is -0.131. The largest absolute Gasteiger partial charge is 0.376 e. The molecule has 0 spiro atoms. The Labute approximate surface area is 145 Å². The summed E-state index contributed by atoms with van der Waals surface area (Å²) in [6, 6.07) is 5.40. The van der Waals surface area contributed by atoms with E-state index in [1.54, 1.807) is 26.0 Å². The predicted octanol–water partition coefficient (Wildman–Crippen LogP) is 2.17. The Morgan fingerprint density at radius 1 is 1.36 bits per heavy atom. The summed E-state index contributed by atoms with van der Waals surface area (Å²) in [5.41, 5.74) is 2.50. The molecule has 2 heterocycles. The molecule has 2 N–H and O–H groups in total. The van der Waals surface area contributed by atoms with Crippen LogP contribution in [0.4, 0.5) is 0 Å². The monoisotopic (exact) mass is 345 g/mol. The number of aromatic nitrogens is 2. The van der Waals surface area contributed by atoms with Gasteiger partial charge in [-0.05, 0) is 50.8 Å². The van der Waals surface area contributed by atoms with Crippen LogP contribution in [0.25, 0.3) is 11.0 Å². The van der Waals surface area contributed by atoms with Crippen LogP contribution in [-0.4, -0.2) is 47.0 Å². The molecule has 0 aliphatic carbocycles. The van der Waals surface area contributed by atoms with Crippen LogP contribution < -0.4 is 5.69 Å². The average molecular weight is 345 g/mol. The fourth-order valence-corrected chi connectivity index (χ4v) is 2.84. The van der Waals surface area contributed by atoms with Gasteiger partial charge in [-0.1, -0.05) is 6.07 Å². The number of hydrogen-bond acceptors (Lipinski definition) is 4. The van der Waals surface area contributed by atoms with Crippen LogP contribution >= 0.6 is 0 Å². The zero-order chi connectivity index (χ0) is 17.8. The summed E-state index contributed by atoms with van der Waals surface area (Å²) in [5.74, 6) is -0.323. The Balaban J connectivity index is 1.62. The van der Waals surface area contributed by atoms with Gasteiger partial charge in [-0.3, -0.25) is 4.79 Å². The third-order valence-corrected chi connectivity index (χ3v) is 4.37. The minimum absolute atomic E-state index is 0.0712. The summed E-state index contributed by atoms with van der Waals surface area (Å²) in [6.45, 7) is 4.64. The lowest BCUT2D eigenvalue weighted by Crippen LogP contribution is -2.29. The lowest BCUT2D eigenvalue weighted by Gasteiger charge is -2.23. The highest BCUT2D eigenvalue weighted by Gasteiger charge is 2.19. The number of benzene rings is 1. The van der Waals surface area contributed by atoms with Crippen LogP contribution in [-0.2, 0) is 14.3 Å². The highest BCUT2D eigenvalue weighted by Crippen LogP contribution is 2.14. The van der Waals surface area contributed by atoms with E-state index in [1.807, 2.05) is 6.07 Å². The summed E-state index contributed by atoms with van der Waals surface area (Å²) in [7, 11) is 0. The summed E-state index contributed by atoms with van der Waals surface area (Å²) in [4.78, 5) is 33.1. The predicted molar refractivity (Wildman–Crippen MR) is 95.1 cm³/mol. The van der Waals surface area contributed by atoms with Gasteiger partial charge in [-0.2, -0.15) is 0 Å². The first-order chi connectivity index (χ1) is 12.0. The molecule has 1 aromatic carbocycles. The number of rotatable bonds is 5. The van der Waals surface area contributed by atoms with Gasteiger partial charge < -0.3 is 19.4 Å². The van der Waals surface area contributed by atoms with Crippen LogP contribution in [0, 0.1) is 0 Å². The molecule has 25 heavy (non-hydrogen) atoms. The molecular weight excluding hydrogens is 322 g/mol. The van der Waals surface area contributed by atoms with Crippen molar-refractivity contribution >= 4 is 22.7 Å². The Bertz CT molecular complexity index is 830. The molecule has 3 rings (SSSR count). The van der Waals surface area contributed by atoms with E-state index in [0.717, 1.165) is 36.9 Å². The summed E-state index contributed by atoms with van der Waals surface area (Å²) in [6.07, 6.45) is 2.65. The number of ether oxygens (including phenoxy) is 2. The molecule has 0 bridgehead atoms. The molecule has 134 valence electrons. The molecule has 7 nitrogen and oxygen atoms in total. The van der Waals surface area contributed by atoms with Crippen molar-refractivity contribution in [2.75, 3.05) is 13.2 Å². The second-order valence-electron chi connectivity index (χ2n) is 6.34. The highest BCUT2D eigenvalue weighted by atomic mass is 16.5. The fraction of sp³-hybridized carbons (Fsp3) is 0.500. The molecule has 2 aromatic rings. The number of amides is 1.